The number of likely N-dealkylation sites (N-methyl/N-ethyl adjacent to an activating group) is 1. The standard InChI is InChI=1S/C26H31N7O5/c1-31(2)21-6-8-32(25(21)35)15-18-11-17-5-4-7-33(24(17)29-20(18)16-34)26(36)30-23-12-22(38-10-9-37-3)19(13-27)14-28-23/h11-12,14,16,21H,4-10,15H2,1-3H3,(H,28,30,36). The molecule has 1 atom stereocenters. The first kappa shape index (κ1) is 27.0. The molecule has 1 fully saturated rings. The summed E-state index contributed by atoms with van der Waals surface area (Å²) in [7, 11) is 5.31. The normalized spacial score (nSPS) is 16.8. The van der Waals surface area contributed by atoms with Crippen molar-refractivity contribution in [3.8, 4) is 11.8 Å². The number of pyridine rings is 2. The minimum Gasteiger partial charge on any atom is -0.490 e. The number of rotatable bonds is 9. The molecule has 1 saturated heterocycles. The summed E-state index contributed by atoms with van der Waals surface area (Å²) in [6.07, 6.45) is 4.13. The van der Waals surface area contributed by atoms with Gasteiger partial charge in [-0.1, -0.05) is 0 Å². The van der Waals surface area contributed by atoms with Crippen LogP contribution >= 0.6 is 0 Å². The van der Waals surface area contributed by atoms with Crippen molar-refractivity contribution in [3.05, 3.63) is 40.7 Å². The van der Waals surface area contributed by atoms with Gasteiger partial charge in [-0.15, -0.1) is 0 Å². The van der Waals surface area contributed by atoms with Crippen LogP contribution in [0.5, 0.6) is 5.75 Å². The van der Waals surface area contributed by atoms with E-state index in [2.05, 4.69) is 15.3 Å². The average molecular weight is 522 g/mol. The lowest BCUT2D eigenvalue weighted by Crippen LogP contribution is -2.40. The lowest BCUT2D eigenvalue weighted by molar-refractivity contribution is -0.131. The van der Waals surface area contributed by atoms with E-state index in [1.54, 1.807) is 12.0 Å². The topological polar surface area (TPSA) is 141 Å². The molecule has 2 aromatic rings. The molecule has 2 aliphatic heterocycles. The zero-order chi connectivity index (χ0) is 27.2. The molecule has 12 nitrogen and oxygen atoms in total. The number of nitrogens with zero attached hydrogens (tertiary/aromatic N) is 6. The van der Waals surface area contributed by atoms with Gasteiger partial charge in [0, 0.05) is 38.4 Å². The maximum absolute atomic E-state index is 13.2. The van der Waals surface area contributed by atoms with E-state index in [4.69, 9.17) is 9.47 Å². The number of nitrogens with one attached hydrogen (secondary N) is 1. The summed E-state index contributed by atoms with van der Waals surface area (Å²) in [5.74, 6) is 0.937. The third-order valence-electron chi connectivity index (χ3n) is 6.65. The molecule has 12 heteroatoms. The van der Waals surface area contributed by atoms with Crippen LogP contribution in [0, 0.1) is 11.3 Å². The van der Waals surface area contributed by atoms with Gasteiger partial charge < -0.3 is 14.4 Å². The summed E-state index contributed by atoms with van der Waals surface area (Å²) < 4.78 is 10.6. The maximum Gasteiger partial charge on any atom is 0.328 e. The molecule has 38 heavy (non-hydrogen) atoms. The van der Waals surface area contributed by atoms with Crippen LogP contribution in [0.25, 0.3) is 0 Å². The fraction of sp³-hybridized carbons (Fsp3) is 0.462. The van der Waals surface area contributed by atoms with Gasteiger partial charge in [0.05, 0.1) is 18.8 Å². The summed E-state index contributed by atoms with van der Waals surface area (Å²) >= 11 is 0. The van der Waals surface area contributed by atoms with Crippen molar-refractivity contribution in [1.29, 1.82) is 5.26 Å². The number of carbonyl (C=O) groups is 3. The highest BCUT2D eigenvalue weighted by Crippen LogP contribution is 2.29. The number of aryl methyl sites for hydroxylation is 1. The second kappa shape index (κ2) is 12.0. The van der Waals surface area contributed by atoms with Crippen molar-refractivity contribution < 1.29 is 23.9 Å². The number of fused-ring (bicyclic) bond motifs is 1. The van der Waals surface area contributed by atoms with Crippen LogP contribution in [-0.2, 0) is 22.5 Å². The molecule has 0 radical (unpaired) electrons. The summed E-state index contributed by atoms with van der Waals surface area (Å²) in [5, 5.41) is 12.1. The number of nitriles is 1. The van der Waals surface area contributed by atoms with Crippen LogP contribution in [0.4, 0.5) is 16.4 Å². The highest BCUT2D eigenvalue weighted by molar-refractivity contribution is 6.01. The Labute approximate surface area is 221 Å². The van der Waals surface area contributed by atoms with Gasteiger partial charge in [-0.2, -0.15) is 5.26 Å². The third-order valence-corrected chi connectivity index (χ3v) is 6.65. The Hall–Kier alpha value is -4.08. The maximum atomic E-state index is 13.2. The van der Waals surface area contributed by atoms with E-state index in [0.29, 0.717) is 56.8 Å². The molecule has 3 amide bonds. The molecule has 0 aromatic carbocycles. The number of methoxy groups -OCH3 is 1. The number of hydrogen-bond donors (Lipinski definition) is 1. The van der Waals surface area contributed by atoms with Crippen LogP contribution in [-0.4, -0.2) is 91.5 Å². The van der Waals surface area contributed by atoms with Crippen LogP contribution in [0.1, 0.15) is 40.0 Å². The van der Waals surface area contributed by atoms with Gasteiger partial charge in [0.15, 0.2) is 6.29 Å². The molecule has 0 spiro atoms. The van der Waals surface area contributed by atoms with Gasteiger partial charge in [-0.05, 0) is 45.0 Å². The highest BCUT2D eigenvalue weighted by Gasteiger charge is 2.34. The van der Waals surface area contributed by atoms with Crippen LogP contribution in [0.15, 0.2) is 18.3 Å². The molecule has 1 unspecified atom stereocenters. The zero-order valence-corrected chi connectivity index (χ0v) is 21.8. The van der Waals surface area contributed by atoms with Crippen molar-refractivity contribution in [3.63, 3.8) is 0 Å². The molecule has 1 N–H and O–H groups in total. The minimum atomic E-state index is -0.466. The molecule has 4 rings (SSSR count). The lowest BCUT2D eigenvalue weighted by Gasteiger charge is -2.29. The third kappa shape index (κ3) is 5.74. The average Bonchev–Trinajstić information content (AvgIpc) is 3.28. The first-order valence-corrected chi connectivity index (χ1v) is 12.4. The Morgan fingerprint density at radius 2 is 2.13 bits per heavy atom. The lowest BCUT2D eigenvalue weighted by atomic mass is 10.0. The van der Waals surface area contributed by atoms with Crippen LogP contribution in [0.3, 0.4) is 0 Å². The summed E-state index contributed by atoms with van der Waals surface area (Å²) in [6, 6.07) is 4.74. The predicted molar refractivity (Wildman–Crippen MR) is 138 cm³/mol. The first-order chi connectivity index (χ1) is 18.4. The molecule has 2 aliphatic rings. The second-order valence-electron chi connectivity index (χ2n) is 9.37. The van der Waals surface area contributed by atoms with Crippen molar-refractivity contribution in [2.24, 2.45) is 0 Å². The SMILES string of the molecule is COCCOc1cc(NC(=O)N2CCCc3cc(CN4CCC(N(C)C)C4=O)c(C=O)nc32)ncc1C#N. The number of anilines is 2. The Morgan fingerprint density at radius 3 is 2.82 bits per heavy atom. The molecule has 0 saturated carbocycles. The summed E-state index contributed by atoms with van der Waals surface area (Å²) in [5.41, 5.74) is 1.94. The van der Waals surface area contributed by atoms with E-state index in [9.17, 15) is 19.6 Å². The molecular formula is C26H31N7O5. The predicted octanol–water partition coefficient (Wildman–Crippen LogP) is 1.83. The fourth-order valence-electron chi connectivity index (χ4n) is 4.67. The molecule has 0 aliphatic carbocycles. The van der Waals surface area contributed by atoms with E-state index in [1.807, 2.05) is 31.1 Å². The van der Waals surface area contributed by atoms with E-state index < -0.39 is 6.03 Å². The molecular weight excluding hydrogens is 490 g/mol. The number of likely N-dealkylation sites (tertiary alicyclic amines) is 1. The Balaban J connectivity index is 1.53. The van der Waals surface area contributed by atoms with E-state index in [1.165, 1.54) is 17.2 Å². The summed E-state index contributed by atoms with van der Waals surface area (Å²) in [4.78, 5) is 51.8. The number of aromatic nitrogens is 2. The van der Waals surface area contributed by atoms with Crippen molar-refractivity contribution in [1.82, 2.24) is 19.8 Å². The number of ether oxygens (including phenoxy) is 2. The fourth-order valence-corrected chi connectivity index (χ4v) is 4.67. The summed E-state index contributed by atoms with van der Waals surface area (Å²) in [6.45, 7) is 1.90. The van der Waals surface area contributed by atoms with Crippen LogP contribution < -0.4 is 15.0 Å². The van der Waals surface area contributed by atoms with E-state index >= 15 is 0 Å². The van der Waals surface area contributed by atoms with Crippen molar-refractivity contribution >= 4 is 29.9 Å². The van der Waals surface area contributed by atoms with Crippen molar-refractivity contribution in [2.45, 2.75) is 31.8 Å². The van der Waals surface area contributed by atoms with Gasteiger partial charge in [0.25, 0.3) is 0 Å². The minimum absolute atomic E-state index is 0.0334. The van der Waals surface area contributed by atoms with Gasteiger partial charge in [-0.25, -0.2) is 14.8 Å². The monoisotopic (exact) mass is 521 g/mol. The molecule has 0 bridgehead atoms. The first-order valence-electron chi connectivity index (χ1n) is 12.4. The van der Waals surface area contributed by atoms with Gasteiger partial charge in [0.1, 0.15) is 41.3 Å². The Morgan fingerprint density at radius 1 is 1.32 bits per heavy atom. The van der Waals surface area contributed by atoms with E-state index in [0.717, 1.165) is 12.0 Å². The second-order valence-corrected chi connectivity index (χ2v) is 9.37. The Kier molecular flexibility index (Phi) is 8.50. The quantitative estimate of drug-likeness (QED) is 0.386. The number of aldehydes is 1. The van der Waals surface area contributed by atoms with Crippen LogP contribution in [0.2, 0.25) is 0 Å². The van der Waals surface area contributed by atoms with Crippen molar-refractivity contribution in [2.75, 3.05) is 57.7 Å². The molecule has 2 aromatic heterocycles. The molecule has 200 valence electrons. The highest BCUT2D eigenvalue weighted by atomic mass is 16.5. The van der Waals surface area contributed by atoms with E-state index in [-0.39, 0.29) is 41.4 Å². The zero-order valence-electron chi connectivity index (χ0n) is 21.8. The number of carbonyl (C=O) groups excluding carboxylic acids is 3. The molecule has 4 heterocycles. The van der Waals surface area contributed by atoms with Gasteiger partial charge in [0.2, 0.25) is 5.91 Å². The van der Waals surface area contributed by atoms with Gasteiger partial charge in [-0.3, -0.25) is 24.7 Å². The largest absolute Gasteiger partial charge is 0.490 e. The number of hydrogen-bond acceptors (Lipinski definition) is 9. The number of urea groups is 1. The Bertz CT molecular complexity index is 1260. The number of amides is 3. The smallest absolute Gasteiger partial charge is 0.328 e. The van der Waals surface area contributed by atoms with Gasteiger partial charge >= 0.3 is 6.03 Å².